The zero-order chi connectivity index (χ0) is 23.7. The van der Waals surface area contributed by atoms with E-state index in [-0.39, 0.29) is 24.5 Å². The number of benzene rings is 1. The van der Waals surface area contributed by atoms with Gasteiger partial charge in [-0.2, -0.15) is 4.31 Å². The molecule has 174 valence electrons. The number of hydrogen-bond donors (Lipinski definition) is 2. The minimum atomic E-state index is -3.77. The molecular formula is C21H28N4O6S. The second-order valence-electron chi connectivity index (χ2n) is 6.70. The average Bonchev–Trinajstić information content (AvgIpc) is 2.76. The van der Waals surface area contributed by atoms with Crippen molar-refractivity contribution in [3.8, 4) is 5.75 Å². The summed E-state index contributed by atoms with van der Waals surface area (Å²) in [4.78, 5) is 36.3. The van der Waals surface area contributed by atoms with Crippen LogP contribution in [0.3, 0.4) is 0 Å². The van der Waals surface area contributed by atoms with Gasteiger partial charge in [-0.25, -0.2) is 8.42 Å². The Morgan fingerprint density at radius 3 is 2.25 bits per heavy atom. The summed E-state index contributed by atoms with van der Waals surface area (Å²) in [5.74, 6) is -0.381. The summed E-state index contributed by atoms with van der Waals surface area (Å²) in [6.07, 6.45) is 1.13. The third-order valence-corrected chi connectivity index (χ3v) is 6.54. The van der Waals surface area contributed by atoms with Gasteiger partial charge in [0.05, 0.1) is 18.0 Å². The highest BCUT2D eigenvalue weighted by atomic mass is 32.2. The van der Waals surface area contributed by atoms with Gasteiger partial charge < -0.3 is 19.9 Å². The van der Waals surface area contributed by atoms with E-state index in [1.54, 1.807) is 38.1 Å². The van der Waals surface area contributed by atoms with Crippen LogP contribution in [0.25, 0.3) is 0 Å². The van der Waals surface area contributed by atoms with Crippen LogP contribution in [0.15, 0.2) is 52.3 Å². The first-order valence-electron chi connectivity index (χ1n) is 10.2. The molecule has 2 N–H and O–H groups in total. The number of hydrogen-bond acceptors (Lipinski definition) is 6. The molecule has 2 amide bonds. The molecule has 0 saturated heterocycles. The van der Waals surface area contributed by atoms with Gasteiger partial charge in [0, 0.05) is 31.0 Å². The van der Waals surface area contributed by atoms with E-state index in [1.807, 2.05) is 6.92 Å². The van der Waals surface area contributed by atoms with Crippen LogP contribution in [-0.2, 0) is 26.2 Å². The highest BCUT2D eigenvalue weighted by Gasteiger charge is 2.22. The monoisotopic (exact) mass is 464 g/mol. The molecule has 10 nitrogen and oxygen atoms in total. The van der Waals surface area contributed by atoms with Crippen LogP contribution in [0.2, 0.25) is 0 Å². The summed E-state index contributed by atoms with van der Waals surface area (Å²) in [7, 11) is -3.77. The topological polar surface area (TPSA) is 127 Å². The van der Waals surface area contributed by atoms with E-state index in [9.17, 15) is 22.8 Å². The van der Waals surface area contributed by atoms with Gasteiger partial charge in [-0.1, -0.05) is 13.8 Å². The first kappa shape index (κ1) is 25.1. The van der Waals surface area contributed by atoms with Gasteiger partial charge >= 0.3 is 0 Å². The number of aromatic nitrogens is 1. The van der Waals surface area contributed by atoms with Crippen molar-refractivity contribution in [2.45, 2.75) is 32.2 Å². The average molecular weight is 465 g/mol. The second-order valence-corrected chi connectivity index (χ2v) is 8.64. The number of pyridine rings is 1. The smallest absolute Gasteiger partial charge is 0.251 e. The van der Waals surface area contributed by atoms with Crippen LogP contribution in [-0.4, -0.2) is 55.3 Å². The Morgan fingerprint density at radius 2 is 1.66 bits per heavy atom. The van der Waals surface area contributed by atoms with Crippen molar-refractivity contribution in [2.75, 3.05) is 31.6 Å². The summed E-state index contributed by atoms with van der Waals surface area (Å²) >= 11 is 0. The molecule has 0 unspecified atom stereocenters. The predicted octanol–water partition coefficient (Wildman–Crippen LogP) is 1.03. The lowest BCUT2D eigenvalue weighted by molar-refractivity contribution is -0.124. The third kappa shape index (κ3) is 6.66. The summed E-state index contributed by atoms with van der Waals surface area (Å²) in [5, 5.41) is 5.05. The number of ether oxygens (including phenoxy) is 1. The number of sulfonamides is 1. The fourth-order valence-electron chi connectivity index (χ4n) is 2.89. The molecule has 1 aromatic carbocycles. The molecule has 1 aromatic heterocycles. The van der Waals surface area contributed by atoms with Crippen molar-refractivity contribution in [1.29, 1.82) is 0 Å². The molecule has 2 rings (SSSR count). The molecule has 0 fully saturated rings. The van der Waals surface area contributed by atoms with Crippen molar-refractivity contribution in [3.05, 3.63) is 52.9 Å². The van der Waals surface area contributed by atoms with Gasteiger partial charge in [0.15, 0.2) is 0 Å². The Hall–Kier alpha value is -3.18. The number of rotatable bonds is 11. The molecule has 0 spiro atoms. The molecule has 1 heterocycles. The van der Waals surface area contributed by atoms with Crippen LogP contribution >= 0.6 is 0 Å². The maximum atomic E-state index is 12.6. The van der Waals surface area contributed by atoms with Gasteiger partial charge in [-0.3, -0.25) is 14.4 Å². The molecule has 0 aliphatic heterocycles. The molecule has 0 atom stereocenters. The first-order chi connectivity index (χ1) is 15.2. The molecule has 11 heteroatoms. The molecular weight excluding hydrogens is 436 g/mol. The SMILES string of the molecule is CCOc1ccc(NC(=O)CNC(=O)Cn2cc(S(=O)(=O)N(CC)CC)ccc2=O)cc1. The molecule has 32 heavy (non-hydrogen) atoms. The summed E-state index contributed by atoms with van der Waals surface area (Å²) in [5.41, 5.74) is 0.00992. The van der Waals surface area contributed by atoms with Crippen molar-refractivity contribution in [2.24, 2.45) is 0 Å². The van der Waals surface area contributed by atoms with Gasteiger partial charge in [0.2, 0.25) is 21.8 Å². The zero-order valence-electron chi connectivity index (χ0n) is 18.3. The van der Waals surface area contributed by atoms with Crippen LogP contribution in [0.5, 0.6) is 5.75 Å². The Kier molecular flexibility index (Phi) is 8.97. The number of carbonyl (C=O) groups is 2. The largest absolute Gasteiger partial charge is 0.494 e. The normalized spacial score (nSPS) is 11.2. The Morgan fingerprint density at radius 1 is 1.00 bits per heavy atom. The van der Waals surface area contributed by atoms with E-state index in [0.717, 1.165) is 16.8 Å². The molecule has 0 bridgehead atoms. The van der Waals surface area contributed by atoms with E-state index in [0.29, 0.717) is 18.0 Å². The maximum absolute atomic E-state index is 12.6. The third-order valence-electron chi connectivity index (χ3n) is 4.51. The Balaban J connectivity index is 1.97. The van der Waals surface area contributed by atoms with E-state index >= 15 is 0 Å². The minimum Gasteiger partial charge on any atom is -0.494 e. The first-order valence-corrected chi connectivity index (χ1v) is 11.6. The van der Waals surface area contributed by atoms with Crippen LogP contribution in [0.1, 0.15) is 20.8 Å². The van der Waals surface area contributed by atoms with E-state index in [2.05, 4.69) is 10.6 Å². The minimum absolute atomic E-state index is 0.0816. The molecule has 0 saturated carbocycles. The lowest BCUT2D eigenvalue weighted by Gasteiger charge is -2.19. The fourth-order valence-corrected chi connectivity index (χ4v) is 4.37. The van der Waals surface area contributed by atoms with Crippen LogP contribution in [0.4, 0.5) is 5.69 Å². The van der Waals surface area contributed by atoms with Crippen LogP contribution in [0, 0.1) is 0 Å². The standard InChI is InChI=1S/C21H28N4O6S/c1-4-25(5-2)32(29,30)18-11-12-21(28)24(14-18)15-20(27)22-13-19(26)23-16-7-9-17(10-8-16)31-6-3/h7-12,14H,4-6,13,15H2,1-3H3,(H,22,27)(H,23,26). The van der Waals surface area contributed by atoms with E-state index in [1.165, 1.54) is 10.4 Å². The molecule has 0 radical (unpaired) electrons. The lowest BCUT2D eigenvalue weighted by Crippen LogP contribution is -2.37. The highest BCUT2D eigenvalue weighted by Crippen LogP contribution is 2.15. The van der Waals surface area contributed by atoms with Crippen molar-refractivity contribution < 1.29 is 22.7 Å². The summed E-state index contributed by atoms with van der Waals surface area (Å²) in [6.45, 7) is 5.66. The van der Waals surface area contributed by atoms with Crippen molar-refractivity contribution in [3.63, 3.8) is 0 Å². The number of nitrogens with zero attached hydrogens (tertiary/aromatic N) is 2. The van der Waals surface area contributed by atoms with E-state index in [4.69, 9.17) is 4.74 Å². The van der Waals surface area contributed by atoms with Gasteiger partial charge in [0.1, 0.15) is 12.3 Å². The predicted molar refractivity (Wildman–Crippen MR) is 120 cm³/mol. The van der Waals surface area contributed by atoms with Gasteiger partial charge in [-0.15, -0.1) is 0 Å². The van der Waals surface area contributed by atoms with Crippen LogP contribution < -0.4 is 20.9 Å². The summed E-state index contributed by atoms with van der Waals surface area (Å²) in [6, 6.07) is 9.09. The van der Waals surface area contributed by atoms with Gasteiger partial charge in [0.25, 0.3) is 5.56 Å². The molecule has 0 aliphatic carbocycles. The highest BCUT2D eigenvalue weighted by molar-refractivity contribution is 7.89. The lowest BCUT2D eigenvalue weighted by atomic mass is 10.3. The van der Waals surface area contributed by atoms with Crippen molar-refractivity contribution in [1.82, 2.24) is 14.2 Å². The summed E-state index contributed by atoms with van der Waals surface area (Å²) < 4.78 is 32.9. The number of anilines is 1. The quantitative estimate of drug-likeness (QED) is 0.511. The maximum Gasteiger partial charge on any atom is 0.251 e. The zero-order valence-corrected chi connectivity index (χ0v) is 19.1. The van der Waals surface area contributed by atoms with E-state index < -0.39 is 33.9 Å². The number of amides is 2. The number of carbonyl (C=O) groups excluding carboxylic acids is 2. The number of nitrogens with one attached hydrogen (secondary N) is 2. The Labute approximate surface area is 187 Å². The Bertz CT molecular complexity index is 1090. The van der Waals surface area contributed by atoms with Crippen molar-refractivity contribution >= 4 is 27.5 Å². The molecule has 0 aliphatic rings. The molecule has 2 aromatic rings. The second kappa shape index (κ2) is 11.4. The van der Waals surface area contributed by atoms with Gasteiger partial charge in [-0.05, 0) is 37.3 Å². The fraction of sp³-hybridized carbons (Fsp3) is 0.381.